The van der Waals surface area contributed by atoms with Crippen molar-refractivity contribution < 1.29 is 9.47 Å². The molecule has 0 aliphatic carbocycles. The van der Waals surface area contributed by atoms with Crippen molar-refractivity contribution in [3.8, 4) is 11.5 Å². The molecule has 0 spiro atoms. The zero-order chi connectivity index (χ0) is 12.8. The summed E-state index contributed by atoms with van der Waals surface area (Å²) in [4.78, 5) is 0. The second-order valence-corrected chi connectivity index (χ2v) is 4.84. The van der Waals surface area contributed by atoms with E-state index in [0.29, 0.717) is 13.2 Å². The predicted molar refractivity (Wildman–Crippen MR) is 76.3 cm³/mol. The van der Waals surface area contributed by atoms with Crippen molar-refractivity contribution in [1.82, 2.24) is 0 Å². The summed E-state index contributed by atoms with van der Waals surface area (Å²) in [6.07, 6.45) is 0. The van der Waals surface area contributed by atoms with Crippen LogP contribution < -0.4 is 9.47 Å². The van der Waals surface area contributed by atoms with Gasteiger partial charge in [0.1, 0.15) is 24.7 Å². The molecule has 0 atom stereocenters. The Morgan fingerprint density at radius 3 is 2.50 bits per heavy atom. The third-order valence-corrected chi connectivity index (χ3v) is 2.99. The van der Waals surface area contributed by atoms with E-state index in [9.17, 15) is 0 Å². The summed E-state index contributed by atoms with van der Waals surface area (Å²) >= 11 is 3.41. The molecule has 3 heteroatoms. The van der Waals surface area contributed by atoms with E-state index in [4.69, 9.17) is 9.47 Å². The Balaban J connectivity index is 1.78. The summed E-state index contributed by atoms with van der Waals surface area (Å²) in [5, 5.41) is 0. The number of benzene rings is 2. The second kappa shape index (κ2) is 6.45. The average molecular weight is 307 g/mol. The fraction of sp³-hybridized carbons (Fsp3) is 0.200. The zero-order valence-corrected chi connectivity index (χ0v) is 11.8. The van der Waals surface area contributed by atoms with Gasteiger partial charge in [-0.05, 0) is 36.8 Å². The number of hydrogen-bond acceptors (Lipinski definition) is 2. The molecule has 18 heavy (non-hydrogen) atoms. The molecule has 0 amide bonds. The molecule has 94 valence electrons. The van der Waals surface area contributed by atoms with Gasteiger partial charge in [-0.1, -0.05) is 40.2 Å². The number of ether oxygens (including phenoxy) is 2. The highest BCUT2D eigenvalue weighted by Gasteiger charge is 1.98. The molecule has 0 saturated carbocycles. The number of aryl methyl sites for hydroxylation is 1. The first-order valence-electron chi connectivity index (χ1n) is 5.82. The molecule has 0 fully saturated rings. The van der Waals surface area contributed by atoms with E-state index in [1.54, 1.807) is 0 Å². The molecule has 0 saturated heterocycles. The van der Waals surface area contributed by atoms with Crippen LogP contribution in [0.15, 0.2) is 53.0 Å². The van der Waals surface area contributed by atoms with Gasteiger partial charge >= 0.3 is 0 Å². The van der Waals surface area contributed by atoms with Gasteiger partial charge in [0.2, 0.25) is 0 Å². The number of rotatable bonds is 5. The third kappa shape index (κ3) is 3.77. The Morgan fingerprint density at radius 2 is 1.72 bits per heavy atom. The maximum Gasteiger partial charge on any atom is 0.122 e. The van der Waals surface area contributed by atoms with Crippen LogP contribution in [0, 0.1) is 6.92 Å². The Hall–Kier alpha value is -1.48. The first-order valence-corrected chi connectivity index (χ1v) is 6.62. The average Bonchev–Trinajstić information content (AvgIpc) is 2.37. The van der Waals surface area contributed by atoms with Gasteiger partial charge < -0.3 is 9.47 Å². The van der Waals surface area contributed by atoms with Gasteiger partial charge in [-0.2, -0.15) is 0 Å². The van der Waals surface area contributed by atoms with Crippen molar-refractivity contribution in [2.75, 3.05) is 13.2 Å². The lowest BCUT2D eigenvalue weighted by atomic mass is 10.2. The van der Waals surface area contributed by atoms with E-state index in [-0.39, 0.29) is 0 Å². The minimum atomic E-state index is 0.533. The van der Waals surface area contributed by atoms with Crippen molar-refractivity contribution in [2.45, 2.75) is 6.92 Å². The lowest BCUT2D eigenvalue weighted by molar-refractivity contribution is 0.216. The Morgan fingerprint density at radius 1 is 0.944 bits per heavy atom. The van der Waals surface area contributed by atoms with Crippen LogP contribution in [0.4, 0.5) is 0 Å². The minimum absolute atomic E-state index is 0.533. The minimum Gasteiger partial charge on any atom is -0.490 e. The van der Waals surface area contributed by atoms with E-state index < -0.39 is 0 Å². The normalized spacial score (nSPS) is 10.1. The van der Waals surface area contributed by atoms with Gasteiger partial charge in [-0.25, -0.2) is 0 Å². The molecule has 0 aliphatic heterocycles. The lowest BCUT2D eigenvalue weighted by Crippen LogP contribution is -2.09. The smallest absolute Gasteiger partial charge is 0.122 e. The summed E-state index contributed by atoms with van der Waals surface area (Å²) in [5.41, 5.74) is 1.14. The van der Waals surface area contributed by atoms with E-state index in [1.165, 1.54) is 0 Å². The van der Waals surface area contributed by atoms with Crippen LogP contribution >= 0.6 is 15.9 Å². The lowest BCUT2D eigenvalue weighted by Gasteiger charge is -2.10. The highest BCUT2D eigenvalue weighted by molar-refractivity contribution is 9.10. The topological polar surface area (TPSA) is 18.5 Å². The van der Waals surface area contributed by atoms with E-state index in [2.05, 4.69) is 15.9 Å². The molecule has 2 rings (SSSR count). The molecule has 0 N–H and O–H groups in total. The first kappa shape index (κ1) is 13.0. The Bertz CT molecular complexity index is 511. The van der Waals surface area contributed by atoms with E-state index in [0.717, 1.165) is 21.5 Å². The number of para-hydroxylation sites is 1. The largest absolute Gasteiger partial charge is 0.490 e. The summed E-state index contributed by atoms with van der Waals surface area (Å²) < 4.78 is 12.3. The summed E-state index contributed by atoms with van der Waals surface area (Å²) in [7, 11) is 0. The van der Waals surface area contributed by atoms with Crippen LogP contribution in [0.5, 0.6) is 11.5 Å². The number of hydrogen-bond donors (Lipinski definition) is 0. The van der Waals surface area contributed by atoms with Gasteiger partial charge in [-0.15, -0.1) is 0 Å². The van der Waals surface area contributed by atoms with Crippen molar-refractivity contribution in [1.29, 1.82) is 0 Å². The van der Waals surface area contributed by atoms with E-state index >= 15 is 0 Å². The maximum atomic E-state index is 5.65. The highest BCUT2D eigenvalue weighted by atomic mass is 79.9. The molecule has 0 unspecified atom stereocenters. The van der Waals surface area contributed by atoms with Crippen LogP contribution in [-0.4, -0.2) is 13.2 Å². The van der Waals surface area contributed by atoms with Gasteiger partial charge in [-0.3, -0.25) is 0 Å². The van der Waals surface area contributed by atoms with Crippen molar-refractivity contribution in [2.24, 2.45) is 0 Å². The Labute approximate surface area is 116 Å². The van der Waals surface area contributed by atoms with Crippen LogP contribution in [0.1, 0.15) is 5.56 Å². The van der Waals surface area contributed by atoms with Crippen molar-refractivity contribution in [3.63, 3.8) is 0 Å². The molecule has 0 aliphatic rings. The summed E-state index contributed by atoms with van der Waals surface area (Å²) in [5.74, 6) is 1.76. The van der Waals surface area contributed by atoms with Crippen molar-refractivity contribution >= 4 is 15.9 Å². The highest BCUT2D eigenvalue weighted by Crippen LogP contribution is 2.18. The van der Waals surface area contributed by atoms with Crippen molar-refractivity contribution in [3.05, 3.63) is 58.6 Å². The SMILES string of the molecule is Cc1ccccc1OCCOc1cccc(Br)c1. The van der Waals surface area contributed by atoms with Gasteiger partial charge in [0, 0.05) is 4.47 Å². The monoisotopic (exact) mass is 306 g/mol. The molecule has 2 aromatic rings. The van der Waals surface area contributed by atoms with E-state index in [1.807, 2.05) is 55.5 Å². The first-order chi connectivity index (χ1) is 8.75. The molecular weight excluding hydrogens is 292 g/mol. The molecule has 2 nitrogen and oxygen atoms in total. The summed E-state index contributed by atoms with van der Waals surface area (Å²) in [6, 6.07) is 15.8. The molecular formula is C15H15BrO2. The summed E-state index contributed by atoms with van der Waals surface area (Å²) in [6.45, 7) is 3.10. The molecule has 2 aromatic carbocycles. The number of halogens is 1. The van der Waals surface area contributed by atoms with Crippen LogP contribution in [0.2, 0.25) is 0 Å². The van der Waals surface area contributed by atoms with Crippen LogP contribution in [-0.2, 0) is 0 Å². The van der Waals surface area contributed by atoms with Crippen LogP contribution in [0.25, 0.3) is 0 Å². The second-order valence-electron chi connectivity index (χ2n) is 3.92. The third-order valence-electron chi connectivity index (χ3n) is 2.50. The molecule has 0 heterocycles. The molecule has 0 radical (unpaired) electrons. The van der Waals surface area contributed by atoms with Gasteiger partial charge in [0.25, 0.3) is 0 Å². The fourth-order valence-corrected chi connectivity index (χ4v) is 1.96. The molecule has 0 aromatic heterocycles. The predicted octanol–water partition coefficient (Wildman–Crippen LogP) is 4.22. The van der Waals surface area contributed by atoms with Gasteiger partial charge in [0.15, 0.2) is 0 Å². The van der Waals surface area contributed by atoms with Crippen LogP contribution in [0.3, 0.4) is 0 Å². The molecule has 0 bridgehead atoms. The van der Waals surface area contributed by atoms with Gasteiger partial charge in [0.05, 0.1) is 0 Å². The zero-order valence-electron chi connectivity index (χ0n) is 10.2. The fourth-order valence-electron chi connectivity index (χ4n) is 1.59. The standard InChI is InChI=1S/C15H15BrO2/c1-12-5-2-3-8-15(12)18-10-9-17-14-7-4-6-13(16)11-14/h2-8,11H,9-10H2,1H3. The Kier molecular flexibility index (Phi) is 4.65. The maximum absolute atomic E-state index is 5.65. The quantitative estimate of drug-likeness (QED) is 0.770.